The number of hydrogen-bond donors (Lipinski definition) is 1. The van der Waals surface area contributed by atoms with E-state index in [1.807, 2.05) is 6.92 Å². The fourth-order valence-electron chi connectivity index (χ4n) is 2.91. The highest BCUT2D eigenvalue weighted by atomic mass is 32.2. The summed E-state index contributed by atoms with van der Waals surface area (Å²) >= 11 is 0. The van der Waals surface area contributed by atoms with Gasteiger partial charge in [0.05, 0.1) is 5.75 Å². The number of rotatable bonds is 9. The molecule has 1 aliphatic heterocycles. The van der Waals surface area contributed by atoms with E-state index in [0.29, 0.717) is 25.8 Å². The lowest BCUT2D eigenvalue weighted by molar-refractivity contribution is -0.129. The maximum Gasteiger partial charge on any atom is 0.222 e. The van der Waals surface area contributed by atoms with Gasteiger partial charge in [-0.15, -0.1) is 0 Å². The highest BCUT2D eigenvalue weighted by Gasteiger charge is 2.29. The standard InChI is InChI=1S/C17H25FN2O3S/c1-2-3-10-24(22,23)19-13-16(20-9-5-8-17(20)21)12-14-6-4-7-15(18)11-14/h4,6-7,11,16,19H,2-3,5,8-10,12-13H2,1H3/t16-/m1/s1. The van der Waals surface area contributed by atoms with Crippen LogP contribution in [-0.4, -0.2) is 44.1 Å². The molecule has 5 nitrogen and oxygen atoms in total. The Morgan fingerprint density at radius 1 is 1.38 bits per heavy atom. The summed E-state index contributed by atoms with van der Waals surface area (Å²) in [6.07, 6.45) is 3.11. The molecule has 1 saturated heterocycles. The number of nitrogens with one attached hydrogen (secondary N) is 1. The third-order valence-electron chi connectivity index (χ3n) is 4.22. The summed E-state index contributed by atoms with van der Waals surface area (Å²) in [5, 5.41) is 0. The number of halogens is 1. The molecule has 24 heavy (non-hydrogen) atoms. The maximum absolute atomic E-state index is 13.4. The number of sulfonamides is 1. The van der Waals surface area contributed by atoms with Crippen molar-refractivity contribution in [2.45, 2.75) is 45.1 Å². The number of nitrogens with zero attached hydrogens (tertiary/aromatic N) is 1. The van der Waals surface area contributed by atoms with Crippen LogP contribution in [-0.2, 0) is 21.2 Å². The molecule has 1 aromatic rings. The summed E-state index contributed by atoms with van der Waals surface area (Å²) < 4.78 is 40.0. The third kappa shape index (κ3) is 5.56. The van der Waals surface area contributed by atoms with E-state index in [-0.39, 0.29) is 30.1 Å². The van der Waals surface area contributed by atoms with Crippen LogP contribution in [0.5, 0.6) is 0 Å². The second-order valence-electron chi connectivity index (χ2n) is 6.20. The van der Waals surface area contributed by atoms with Crippen LogP contribution in [0.3, 0.4) is 0 Å². The van der Waals surface area contributed by atoms with Gasteiger partial charge in [-0.2, -0.15) is 0 Å². The summed E-state index contributed by atoms with van der Waals surface area (Å²) in [6.45, 7) is 2.72. The summed E-state index contributed by atoms with van der Waals surface area (Å²) in [6, 6.07) is 5.92. The van der Waals surface area contributed by atoms with Crippen LogP contribution in [0, 0.1) is 5.82 Å². The second kappa shape index (κ2) is 8.58. The highest BCUT2D eigenvalue weighted by molar-refractivity contribution is 7.89. The van der Waals surface area contributed by atoms with Crippen molar-refractivity contribution in [2.75, 3.05) is 18.8 Å². The largest absolute Gasteiger partial charge is 0.338 e. The Morgan fingerprint density at radius 2 is 2.17 bits per heavy atom. The van der Waals surface area contributed by atoms with E-state index in [1.165, 1.54) is 12.1 Å². The molecule has 0 aromatic heterocycles. The average Bonchev–Trinajstić information content (AvgIpc) is 2.96. The van der Waals surface area contributed by atoms with Crippen molar-refractivity contribution in [3.8, 4) is 0 Å². The molecular formula is C17H25FN2O3S. The van der Waals surface area contributed by atoms with Crippen LogP contribution in [0.1, 0.15) is 38.2 Å². The van der Waals surface area contributed by atoms with Crippen LogP contribution >= 0.6 is 0 Å². The lowest BCUT2D eigenvalue weighted by Gasteiger charge is -2.28. The normalized spacial score (nSPS) is 16.6. The van der Waals surface area contributed by atoms with Crippen molar-refractivity contribution < 1.29 is 17.6 Å². The fourth-order valence-corrected chi connectivity index (χ4v) is 4.17. The first kappa shape index (κ1) is 18.9. The Hall–Kier alpha value is -1.47. The van der Waals surface area contributed by atoms with E-state index in [2.05, 4.69) is 4.72 Å². The molecule has 134 valence electrons. The van der Waals surface area contributed by atoms with Gasteiger partial charge in [0, 0.05) is 25.6 Å². The Morgan fingerprint density at radius 3 is 2.79 bits per heavy atom. The summed E-state index contributed by atoms with van der Waals surface area (Å²) in [7, 11) is -3.35. The molecule has 1 N–H and O–H groups in total. The molecule has 0 saturated carbocycles. The molecule has 1 aliphatic rings. The topological polar surface area (TPSA) is 66.5 Å². The molecule has 2 rings (SSSR count). The fraction of sp³-hybridized carbons (Fsp3) is 0.588. The van der Waals surface area contributed by atoms with E-state index in [4.69, 9.17) is 0 Å². The Kier molecular flexibility index (Phi) is 6.74. The minimum Gasteiger partial charge on any atom is -0.338 e. The third-order valence-corrected chi connectivity index (χ3v) is 5.65. The Balaban J connectivity index is 2.07. The van der Waals surface area contributed by atoms with Gasteiger partial charge in [-0.05, 0) is 37.0 Å². The van der Waals surface area contributed by atoms with Gasteiger partial charge < -0.3 is 4.90 Å². The van der Waals surface area contributed by atoms with Crippen molar-refractivity contribution >= 4 is 15.9 Å². The zero-order valence-electron chi connectivity index (χ0n) is 14.0. The Labute approximate surface area is 143 Å². The molecule has 1 amide bonds. The highest BCUT2D eigenvalue weighted by Crippen LogP contribution is 2.17. The van der Waals surface area contributed by atoms with Gasteiger partial charge in [0.1, 0.15) is 5.82 Å². The second-order valence-corrected chi connectivity index (χ2v) is 8.13. The molecule has 7 heteroatoms. The maximum atomic E-state index is 13.4. The first-order chi connectivity index (χ1) is 11.4. The van der Waals surface area contributed by atoms with E-state index in [9.17, 15) is 17.6 Å². The first-order valence-corrected chi connectivity index (χ1v) is 10.1. The number of benzene rings is 1. The lowest BCUT2D eigenvalue weighted by Crippen LogP contribution is -2.46. The molecule has 0 radical (unpaired) electrons. The first-order valence-electron chi connectivity index (χ1n) is 8.42. The number of likely N-dealkylation sites (tertiary alicyclic amines) is 1. The molecule has 0 spiro atoms. The SMILES string of the molecule is CCCCS(=O)(=O)NC[C@@H](Cc1cccc(F)c1)N1CCCC1=O. The summed E-state index contributed by atoms with van der Waals surface area (Å²) in [4.78, 5) is 13.8. The van der Waals surface area contributed by atoms with E-state index in [1.54, 1.807) is 17.0 Å². The predicted molar refractivity (Wildman–Crippen MR) is 91.5 cm³/mol. The number of hydrogen-bond acceptors (Lipinski definition) is 3. The average molecular weight is 356 g/mol. The van der Waals surface area contributed by atoms with E-state index < -0.39 is 10.0 Å². The van der Waals surface area contributed by atoms with Gasteiger partial charge in [0.25, 0.3) is 0 Å². The van der Waals surface area contributed by atoms with Gasteiger partial charge in [-0.1, -0.05) is 25.5 Å². The monoisotopic (exact) mass is 356 g/mol. The Bertz CT molecular complexity index is 664. The van der Waals surface area contributed by atoms with Crippen molar-refractivity contribution in [1.29, 1.82) is 0 Å². The van der Waals surface area contributed by atoms with Crippen LogP contribution in [0.2, 0.25) is 0 Å². The number of unbranched alkanes of at least 4 members (excludes halogenated alkanes) is 1. The van der Waals surface area contributed by atoms with Crippen LogP contribution in [0.4, 0.5) is 4.39 Å². The van der Waals surface area contributed by atoms with Gasteiger partial charge in [0.15, 0.2) is 0 Å². The van der Waals surface area contributed by atoms with Gasteiger partial charge in [-0.3, -0.25) is 4.79 Å². The number of carbonyl (C=O) groups excluding carboxylic acids is 1. The smallest absolute Gasteiger partial charge is 0.222 e. The minimum absolute atomic E-state index is 0.0316. The van der Waals surface area contributed by atoms with Crippen LogP contribution < -0.4 is 4.72 Å². The molecule has 1 heterocycles. The molecule has 0 bridgehead atoms. The van der Waals surface area contributed by atoms with Crippen molar-refractivity contribution in [2.24, 2.45) is 0 Å². The van der Waals surface area contributed by atoms with E-state index >= 15 is 0 Å². The molecular weight excluding hydrogens is 331 g/mol. The lowest BCUT2D eigenvalue weighted by atomic mass is 10.0. The summed E-state index contributed by atoms with van der Waals surface area (Å²) in [5.41, 5.74) is 0.757. The van der Waals surface area contributed by atoms with Gasteiger partial charge in [0.2, 0.25) is 15.9 Å². The zero-order valence-corrected chi connectivity index (χ0v) is 14.8. The van der Waals surface area contributed by atoms with Crippen molar-refractivity contribution in [3.05, 3.63) is 35.6 Å². The molecule has 1 atom stereocenters. The molecule has 0 unspecified atom stereocenters. The molecule has 1 aromatic carbocycles. The van der Waals surface area contributed by atoms with Crippen molar-refractivity contribution in [3.63, 3.8) is 0 Å². The van der Waals surface area contributed by atoms with Crippen molar-refractivity contribution in [1.82, 2.24) is 9.62 Å². The number of carbonyl (C=O) groups is 1. The van der Waals surface area contributed by atoms with Crippen LogP contribution in [0.15, 0.2) is 24.3 Å². The number of amides is 1. The minimum atomic E-state index is -3.35. The van der Waals surface area contributed by atoms with Gasteiger partial charge in [-0.25, -0.2) is 17.5 Å². The quantitative estimate of drug-likeness (QED) is 0.737. The zero-order chi connectivity index (χ0) is 17.6. The van der Waals surface area contributed by atoms with E-state index in [0.717, 1.165) is 18.4 Å². The summed E-state index contributed by atoms with van der Waals surface area (Å²) in [5.74, 6) is -0.212. The van der Waals surface area contributed by atoms with Crippen LogP contribution in [0.25, 0.3) is 0 Å². The molecule has 1 fully saturated rings. The predicted octanol–water partition coefficient (Wildman–Crippen LogP) is 2.08. The molecule has 0 aliphatic carbocycles. The van der Waals surface area contributed by atoms with Gasteiger partial charge >= 0.3 is 0 Å².